The zero-order valence-corrected chi connectivity index (χ0v) is 34.4. The van der Waals surface area contributed by atoms with Crippen molar-refractivity contribution in [3.8, 4) is 33.6 Å². The summed E-state index contributed by atoms with van der Waals surface area (Å²) < 4.78 is 15.6. The lowest BCUT2D eigenvalue weighted by molar-refractivity contribution is -0.141. The molecule has 16 heteroatoms. The summed E-state index contributed by atoms with van der Waals surface area (Å²) in [6, 6.07) is 13.9. The molecule has 0 spiro atoms. The molecule has 6 atom stereocenters. The van der Waals surface area contributed by atoms with Gasteiger partial charge >= 0.3 is 12.2 Å². The van der Waals surface area contributed by atoms with Crippen molar-refractivity contribution in [2.75, 3.05) is 41.5 Å². The number of hydrogen-bond donors (Lipinski definition) is 4. The number of alkyl carbamates (subject to hydrolysis) is 1. The lowest BCUT2D eigenvalue weighted by Crippen LogP contribution is -2.54. The van der Waals surface area contributed by atoms with E-state index in [1.54, 1.807) is 23.6 Å². The number of aromatic amines is 2. The van der Waals surface area contributed by atoms with Gasteiger partial charge in [-0.2, -0.15) is 0 Å². The van der Waals surface area contributed by atoms with Crippen LogP contribution in [0.25, 0.3) is 33.6 Å². The van der Waals surface area contributed by atoms with Crippen molar-refractivity contribution in [3.05, 3.63) is 71.6 Å². The third kappa shape index (κ3) is 8.43. The van der Waals surface area contributed by atoms with E-state index in [-0.39, 0.29) is 23.9 Å². The van der Waals surface area contributed by atoms with Gasteiger partial charge in [-0.3, -0.25) is 14.5 Å². The summed E-state index contributed by atoms with van der Waals surface area (Å²) in [5.41, 5.74) is 7.26. The summed E-state index contributed by atoms with van der Waals surface area (Å²) in [5, 5.41) is 12.3. The number of rotatable bonds is 13. The Hall–Kier alpha value is -5.74. The van der Waals surface area contributed by atoms with Crippen LogP contribution in [0.5, 0.6) is 0 Å². The quantitative estimate of drug-likeness (QED) is 0.127. The second kappa shape index (κ2) is 17.8. The van der Waals surface area contributed by atoms with Crippen LogP contribution in [0.4, 0.5) is 9.59 Å². The number of nitrogens with one attached hydrogen (secondary N) is 3. The van der Waals surface area contributed by atoms with Crippen LogP contribution in [-0.4, -0.2) is 130 Å². The number of amides is 4. The van der Waals surface area contributed by atoms with Crippen molar-refractivity contribution in [1.29, 1.82) is 0 Å². The van der Waals surface area contributed by atoms with E-state index in [0.717, 1.165) is 69.2 Å². The van der Waals surface area contributed by atoms with Crippen LogP contribution in [0.15, 0.2) is 48.5 Å². The SMILES string of the molecule is COC(=O)N[C@H](C(=O)N1CCC[C@H]1c1nc(-c2ccc(-c3ccc(-c4nc([C@@H]5CCCN5C(=O)[C@H]([C@@H](C)OC)N(C)C(=O)O)[nH]c4C)cc3)cc2)c(C)[nH]1)C(C)OC. The number of ether oxygens (including phenoxy) is 3. The van der Waals surface area contributed by atoms with Gasteiger partial charge in [-0.05, 0) is 64.5 Å². The van der Waals surface area contributed by atoms with Crippen LogP contribution in [0, 0.1) is 13.8 Å². The minimum atomic E-state index is -1.20. The average Bonchev–Trinajstić information content (AvgIpc) is 4.06. The third-order valence-corrected chi connectivity index (χ3v) is 11.5. The number of aromatic nitrogens is 4. The number of benzene rings is 2. The van der Waals surface area contributed by atoms with Crippen molar-refractivity contribution in [2.45, 2.75) is 89.8 Å². The molecule has 0 saturated carbocycles. The van der Waals surface area contributed by atoms with Crippen LogP contribution in [0.2, 0.25) is 0 Å². The maximum atomic E-state index is 13.8. The number of carbonyl (C=O) groups excluding carboxylic acids is 3. The van der Waals surface area contributed by atoms with E-state index in [0.29, 0.717) is 31.2 Å². The zero-order valence-electron chi connectivity index (χ0n) is 34.4. The summed E-state index contributed by atoms with van der Waals surface area (Å²) in [4.78, 5) is 72.6. The molecule has 2 aliphatic heterocycles. The molecule has 6 rings (SSSR count). The number of aryl methyl sites for hydroxylation is 2. The van der Waals surface area contributed by atoms with Crippen molar-refractivity contribution in [1.82, 2.24) is 40.0 Å². The van der Waals surface area contributed by atoms with E-state index < -0.39 is 36.5 Å². The minimum Gasteiger partial charge on any atom is -0.465 e. The Labute approximate surface area is 338 Å². The van der Waals surface area contributed by atoms with Gasteiger partial charge in [0.2, 0.25) is 11.8 Å². The molecule has 16 nitrogen and oxygen atoms in total. The molecule has 2 aliphatic rings. The second-order valence-electron chi connectivity index (χ2n) is 15.1. The standard InChI is InChI=1S/C42H54N8O8/c1-23-33(45-37(43-23)31-11-9-21-49(31)39(51)35(25(3)56-6)47-41(53)58-8)29-17-13-27(14-18-29)28-15-19-30(20-16-28)34-24(2)44-38(46-34)32-12-10-22-50(32)40(52)36(26(4)57-7)48(5)42(54)55/h13-20,25-26,31-32,35-36H,9-12,21-22H2,1-8H3,(H,43,45)(H,44,46)(H,47,53)(H,54,55)/t25?,26-,31+,32+,35+,36+/m1/s1. The van der Waals surface area contributed by atoms with Gasteiger partial charge in [0, 0.05) is 56.9 Å². The molecular formula is C42H54N8O8. The van der Waals surface area contributed by atoms with Gasteiger partial charge in [0.15, 0.2) is 0 Å². The summed E-state index contributed by atoms with van der Waals surface area (Å²) in [5.74, 6) is 0.807. The number of likely N-dealkylation sites (N-methyl/N-ethyl adjacent to an activating group) is 1. The molecule has 0 radical (unpaired) electrons. The zero-order chi connectivity index (χ0) is 41.8. The predicted molar refractivity (Wildman–Crippen MR) is 216 cm³/mol. The minimum absolute atomic E-state index is 0.252. The Morgan fingerprint density at radius 1 is 0.741 bits per heavy atom. The molecule has 2 saturated heterocycles. The van der Waals surface area contributed by atoms with Gasteiger partial charge in [-0.25, -0.2) is 19.6 Å². The fourth-order valence-corrected chi connectivity index (χ4v) is 8.10. The van der Waals surface area contributed by atoms with E-state index in [1.165, 1.54) is 28.4 Å². The van der Waals surface area contributed by atoms with Crippen LogP contribution in [0.1, 0.15) is 74.7 Å². The smallest absolute Gasteiger partial charge is 0.407 e. The third-order valence-electron chi connectivity index (χ3n) is 11.5. The monoisotopic (exact) mass is 798 g/mol. The van der Waals surface area contributed by atoms with Crippen LogP contribution in [-0.2, 0) is 23.8 Å². The molecule has 4 amide bonds. The van der Waals surface area contributed by atoms with Crippen LogP contribution >= 0.6 is 0 Å². The lowest BCUT2D eigenvalue weighted by atomic mass is 10.0. The Bertz CT molecular complexity index is 2100. The number of hydrogen-bond acceptors (Lipinski definition) is 9. The molecule has 310 valence electrons. The normalized spacial score (nSPS) is 18.8. The fraction of sp³-hybridized carbons (Fsp3) is 0.476. The summed E-state index contributed by atoms with van der Waals surface area (Å²) in [7, 11) is 5.61. The van der Waals surface area contributed by atoms with E-state index in [4.69, 9.17) is 24.2 Å². The summed E-state index contributed by atoms with van der Waals surface area (Å²) in [6.45, 7) is 8.39. The van der Waals surface area contributed by atoms with E-state index in [2.05, 4.69) is 39.6 Å². The van der Waals surface area contributed by atoms with Crippen molar-refractivity contribution < 1.29 is 38.5 Å². The highest BCUT2D eigenvalue weighted by atomic mass is 16.5. The molecule has 0 aliphatic carbocycles. The van der Waals surface area contributed by atoms with Crippen molar-refractivity contribution >= 4 is 24.0 Å². The van der Waals surface area contributed by atoms with Gasteiger partial charge in [0.25, 0.3) is 0 Å². The molecule has 4 aromatic rings. The first-order valence-corrected chi connectivity index (χ1v) is 19.6. The first-order chi connectivity index (χ1) is 27.8. The lowest BCUT2D eigenvalue weighted by Gasteiger charge is -2.34. The Morgan fingerprint density at radius 3 is 1.59 bits per heavy atom. The molecule has 2 fully saturated rings. The Balaban J connectivity index is 1.16. The highest BCUT2D eigenvalue weighted by Crippen LogP contribution is 2.36. The van der Waals surface area contributed by atoms with Gasteiger partial charge in [-0.1, -0.05) is 48.5 Å². The fourth-order valence-electron chi connectivity index (χ4n) is 8.10. The number of carboxylic acid groups (broad SMARTS) is 1. The average molecular weight is 799 g/mol. The van der Waals surface area contributed by atoms with Crippen molar-refractivity contribution in [2.24, 2.45) is 0 Å². The molecule has 0 bridgehead atoms. The largest absolute Gasteiger partial charge is 0.465 e. The number of imidazole rings is 2. The predicted octanol–water partition coefficient (Wildman–Crippen LogP) is 5.85. The van der Waals surface area contributed by atoms with Crippen LogP contribution in [0.3, 0.4) is 0 Å². The van der Waals surface area contributed by atoms with Crippen LogP contribution < -0.4 is 5.32 Å². The summed E-state index contributed by atoms with van der Waals surface area (Å²) >= 11 is 0. The van der Waals surface area contributed by atoms with E-state index in [1.807, 2.05) is 38.1 Å². The maximum absolute atomic E-state index is 13.8. The second-order valence-corrected chi connectivity index (χ2v) is 15.1. The number of H-pyrrole nitrogens is 2. The molecule has 2 aromatic carbocycles. The molecular weight excluding hydrogens is 745 g/mol. The summed E-state index contributed by atoms with van der Waals surface area (Å²) in [6.07, 6.45) is -0.0671. The molecule has 2 aromatic heterocycles. The van der Waals surface area contributed by atoms with Gasteiger partial charge in [-0.15, -0.1) is 0 Å². The van der Waals surface area contributed by atoms with Crippen molar-refractivity contribution in [3.63, 3.8) is 0 Å². The van der Waals surface area contributed by atoms with E-state index >= 15 is 0 Å². The molecule has 58 heavy (non-hydrogen) atoms. The molecule has 1 unspecified atom stereocenters. The number of methoxy groups -OCH3 is 3. The Kier molecular flexibility index (Phi) is 12.9. The molecule has 4 heterocycles. The topological polar surface area (TPSA) is 195 Å². The Morgan fingerprint density at radius 2 is 1.17 bits per heavy atom. The first kappa shape index (κ1) is 41.9. The maximum Gasteiger partial charge on any atom is 0.407 e. The highest BCUT2D eigenvalue weighted by molar-refractivity contribution is 5.87. The number of nitrogens with zero attached hydrogens (tertiary/aromatic N) is 5. The number of carbonyl (C=O) groups is 4. The first-order valence-electron chi connectivity index (χ1n) is 19.6. The highest BCUT2D eigenvalue weighted by Gasteiger charge is 2.42. The van der Waals surface area contributed by atoms with E-state index in [9.17, 15) is 24.3 Å². The number of likely N-dealkylation sites (tertiary alicyclic amines) is 2. The van der Waals surface area contributed by atoms with Gasteiger partial charge < -0.3 is 44.4 Å². The molecule has 4 N–H and O–H groups in total. The van der Waals surface area contributed by atoms with Gasteiger partial charge in [0.1, 0.15) is 23.7 Å². The van der Waals surface area contributed by atoms with Gasteiger partial charge in [0.05, 0.1) is 42.8 Å².